The molecule has 3 rings (SSSR count). The number of halogens is 1. The van der Waals surface area contributed by atoms with Gasteiger partial charge in [-0.25, -0.2) is 0 Å². The highest BCUT2D eigenvalue weighted by Crippen LogP contribution is 2.24. The molecular formula is C50H69IN4O9. The van der Waals surface area contributed by atoms with Crippen LogP contribution in [-0.4, -0.2) is 107 Å². The number of nitrogens with one attached hydrogen (secondary N) is 3. The summed E-state index contributed by atoms with van der Waals surface area (Å²) < 4.78 is 11.3. The summed E-state index contributed by atoms with van der Waals surface area (Å²) in [5.74, 6) is -2.12. The first kappa shape index (κ1) is 53.9. The molecule has 3 amide bonds. The summed E-state index contributed by atoms with van der Waals surface area (Å²) in [7, 11) is 0. The van der Waals surface area contributed by atoms with Crippen molar-refractivity contribution in [2.24, 2.45) is 23.7 Å². The molecule has 5 atom stereocenters. The minimum absolute atomic E-state index is 0.00548. The first-order chi connectivity index (χ1) is 30.5. The third-order valence-electron chi connectivity index (χ3n) is 11.1. The average Bonchev–Trinajstić information content (AvgIpc) is 3.26. The lowest BCUT2D eigenvalue weighted by Crippen LogP contribution is -2.55. The van der Waals surface area contributed by atoms with Crippen LogP contribution < -0.4 is 16.0 Å². The van der Waals surface area contributed by atoms with Crippen molar-refractivity contribution in [1.82, 2.24) is 20.9 Å². The lowest BCUT2D eigenvalue weighted by molar-refractivity contribution is -0.164. The van der Waals surface area contributed by atoms with E-state index < -0.39 is 47.2 Å². The van der Waals surface area contributed by atoms with Crippen molar-refractivity contribution in [1.29, 1.82) is 0 Å². The number of carbonyl (C=O) groups is 7. The Labute approximate surface area is 393 Å². The molecule has 1 saturated heterocycles. The fourth-order valence-electron chi connectivity index (χ4n) is 7.62. The second-order valence-corrected chi connectivity index (χ2v) is 18.6. The van der Waals surface area contributed by atoms with Gasteiger partial charge < -0.3 is 25.4 Å². The molecule has 64 heavy (non-hydrogen) atoms. The van der Waals surface area contributed by atoms with Crippen LogP contribution in [0.2, 0.25) is 0 Å². The third-order valence-corrected chi connectivity index (χ3v) is 12.6. The largest absolute Gasteiger partial charge is 0.450 e. The van der Waals surface area contributed by atoms with Gasteiger partial charge in [-0.3, -0.25) is 38.5 Å². The van der Waals surface area contributed by atoms with Crippen LogP contribution >= 0.6 is 22.6 Å². The molecule has 0 aliphatic carbocycles. The van der Waals surface area contributed by atoms with Crippen molar-refractivity contribution < 1.29 is 43.0 Å². The Morgan fingerprint density at radius 1 is 0.812 bits per heavy atom. The molecule has 3 N–H and O–H groups in total. The molecule has 0 aromatic heterocycles. The highest BCUT2D eigenvalue weighted by molar-refractivity contribution is 14.1. The van der Waals surface area contributed by atoms with E-state index in [0.717, 1.165) is 11.1 Å². The van der Waals surface area contributed by atoms with E-state index in [0.29, 0.717) is 52.0 Å². The van der Waals surface area contributed by atoms with Crippen molar-refractivity contribution >= 4 is 63.6 Å². The minimum atomic E-state index is -1.62. The van der Waals surface area contributed by atoms with E-state index >= 15 is 0 Å². The summed E-state index contributed by atoms with van der Waals surface area (Å²) in [6, 6.07) is 17.0. The van der Waals surface area contributed by atoms with Gasteiger partial charge in [0.05, 0.1) is 38.3 Å². The number of benzene rings is 2. The van der Waals surface area contributed by atoms with Gasteiger partial charge in [-0.1, -0.05) is 111 Å². The summed E-state index contributed by atoms with van der Waals surface area (Å²) in [4.78, 5) is 98.1. The van der Waals surface area contributed by atoms with Crippen LogP contribution in [0.4, 0.5) is 0 Å². The number of carbonyl (C=O) groups excluding carboxylic acids is 7. The van der Waals surface area contributed by atoms with Gasteiger partial charge in [0.25, 0.3) is 0 Å². The smallest absolute Gasteiger partial charge is 0.307 e. The van der Waals surface area contributed by atoms with Crippen LogP contribution in [0.25, 0.3) is 0 Å². The molecule has 1 heterocycles. The predicted octanol–water partition coefficient (Wildman–Crippen LogP) is 5.63. The quantitative estimate of drug-likeness (QED) is 0.0305. The SMILES string of the molecule is C#CCCNC(=O)CCC(=O)O[C@](C)(CI)C(=O)[C@H](CC(C)C)NC(=O)[C@@H](CC(=O)[C@H](CC(C)C)NC(=O)[C@H](CCc1ccccc1)CC(=O)CN1CCOCC1)Cc1ccccc1. The number of amides is 3. The van der Waals surface area contributed by atoms with Gasteiger partial charge >= 0.3 is 5.97 Å². The van der Waals surface area contributed by atoms with Gasteiger partial charge in [0.2, 0.25) is 17.7 Å². The number of esters is 1. The van der Waals surface area contributed by atoms with E-state index in [-0.39, 0.29) is 91.3 Å². The number of hydrogen-bond donors (Lipinski definition) is 3. The Hall–Kier alpha value is -4.46. The molecule has 350 valence electrons. The molecule has 1 fully saturated rings. The second kappa shape index (κ2) is 28.4. The van der Waals surface area contributed by atoms with Crippen molar-refractivity contribution in [2.45, 2.75) is 117 Å². The molecule has 0 radical (unpaired) electrons. The number of terminal acetylenes is 1. The van der Waals surface area contributed by atoms with Crippen LogP contribution in [0.1, 0.15) is 97.1 Å². The van der Waals surface area contributed by atoms with Gasteiger partial charge in [-0.15, -0.1) is 12.3 Å². The zero-order chi connectivity index (χ0) is 47.1. The molecule has 1 aliphatic rings. The van der Waals surface area contributed by atoms with Crippen molar-refractivity contribution in [3.8, 4) is 12.3 Å². The van der Waals surface area contributed by atoms with Gasteiger partial charge in [0.15, 0.2) is 17.2 Å². The van der Waals surface area contributed by atoms with E-state index in [4.69, 9.17) is 15.9 Å². The van der Waals surface area contributed by atoms with Gasteiger partial charge in [0, 0.05) is 61.6 Å². The Morgan fingerprint density at radius 3 is 1.98 bits per heavy atom. The third kappa shape index (κ3) is 19.7. The molecule has 0 unspecified atom stereocenters. The Balaban J connectivity index is 1.84. The van der Waals surface area contributed by atoms with E-state index in [1.165, 1.54) is 6.92 Å². The minimum Gasteiger partial charge on any atom is -0.450 e. The molecule has 0 saturated carbocycles. The Morgan fingerprint density at radius 2 is 1.39 bits per heavy atom. The molecule has 1 aliphatic heterocycles. The average molecular weight is 997 g/mol. The van der Waals surface area contributed by atoms with E-state index in [1.54, 1.807) is 0 Å². The van der Waals surface area contributed by atoms with E-state index in [2.05, 4.69) is 21.9 Å². The fourth-order valence-corrected chi connectivity index (χ4v) is 8.15. The number of ketones is 3. The normalized spacial score (nSPS) is 15.7. The number of ether oxygens (including phenoxy) is 2. The highest BCUT2D eigenvalue weighted by atomic mass is 127. The maximum atomic E-state index is 14.5. The number of aryl methyl sites for hydroxylation is 1. The second-order valence-electron chi connectivity index (χ2n) is 17.8. The van der Waals surface area contributed by atoms with Crippen molar-refractivity contribution in [3.63, 3.8) is 0 Å². The first-order valence-electron chi connectivity index (χ1n) is 22.6. The van der Waals surface area contributed by atoms with Crippen molar-refractivity contribution in [3.05, 3.63) is 71.8 Å². The lowest BCUT2D eigenvalue weighted by Gasteiger charge is -2.32. The first-order valence-corrected chi connectivity index (χ1v) is 24.1. The number of hydrogen-bond acceptors (Lipinski definition) is 10. The molecule has 2 aromatic rings. The molecule has 14 heteroatoms. The molecule has 0 spiro atoms. The standard InChI is InChI=1S/C50H69IN4O9/c1-7-8-23-52-45(58)21-22-46(59)64-50(6,34-51)47(60)43(29-36(4)5)54-49(62)40(30-38-17-13-10-14-18-38)32-44(57)42(28-35(2)3)53-48(61)39(20-19-37-15-11-9-12-16-37)31-41(56)33-55-24-26-63-27-25-55/h1,9-18,35-36,39-40,42-43H,8,19-34H2,2-6H3,(H,52,58)(H,53,61)(H,54,62)/t39-,40-,42+,43+,50-/m1/s1. The number of Topliss-reactive ketones (excluding diaryl/α,β-unsaturated/α-hetero) is 3. The zero-order valence-corrected chi connectivity index (χ0v) is 40.5. The van der Waals surface area contributed by atoms with Crippen molar-refractivity contribution in [2.75, 3.05) is 43.8 Å². The summed E-state index contributed by atoms with van der Waals surface area (Å²) in [5.41, 5.74) is 0.219. The molecular weight excluding hydrogens is 927 g/mol. The zero-order valence-electron chi connectivity index (χ0n) is 38.3. The maximum absolute atomic E-state index is 14.5. The number of morpholine rings is 1. The monoisotopic (exact) mass is 996 g/mol. The fraction of sp³-hybridized carbons (Fsp3) is 0.580. The maximum Gasteiger partial charge on any atom is 0.307 e. The molecule has 13 nitrogen and oxygen atoms in total. The summed E-state index contributed by atoms with van der Waals surface area (Å²) >= 11 is 1.97. The van der Waals surface area contributed by atoms with Crippen LogP contribution in [0.5, 0.6) is 0 Å². The van der Waals surface area contributed by atoms with Crippen LogP contribution in [0.15, 0.2) is 60.7 Å². The Kier molecular flexibility index (Phi) is 23.9. The van der Waals surface area contributed by atoms with Gasteiger partial charge in [-0.05, 0) is 62.0 Å². The summed E-state index contributed by atoms with van der Waals surface area (Å²) in [5, 5.41) is 8.59. The summed E-state index contributed by atoms with van der Waals surface area (Å²) in [6.45, 7) is 12.1. The molecule has 0 bridgehead atoms. The van der Waals surface area contributed by atoms with Gasteiger partial charge in [-0.2, -0.15) is 0 Å². The number of nitrogens with zero attached hydrogens (tertiary/aromatic N) is 1. The van der Waals surface area contributed by atoms with E-state index in [1.807, 2.05) is 116 Å². The Bertz CT molecular complexity index is 1860. The summed E-state index contributed by atoms with van der Waals surface area (Å²) in [6.07, 6.45) is 6.71. The topological polar surface area (TPSA) is 177 Å². The molecule has 2 aromatic carbocycles. The van der Waals surface area contributed by atoms with E-state index in [9.17, 15) is 33.6 Å². The van der Waals surface area contributed by atoms with Crippen LogP contribution in [0, 0.1) is 36.0 Å². The van der Waals surface area contributed by atoms with Gasteiger partial charge in [0.1, 0.15) is 5.78 Å². The number of rotatable bonds is 29. The number of alkyl halides is 1. The van der Waals surface area contributed by atoms with Crippen LogP contribution in [0.3, 0.4) is 0 Å². The van der Waals surface area contributed by atoms with Crippen LogP contribution in [-0.2, 0) is 55.9 Å². The highest BCUT2D eigenvalue weighted by Gasteiger charge is 2.42. The predicted molar refractivity (Wildman–Crippen MR) is 255 cm³/mol. The lowest BCUT2D eigenvalue weighted by atomic mass is 9.87.